The lowest BCUT2D eigenvalue weighted by Gasteiger charge is -2.41. The minimum atomic E-state index is -0.542. The molecule has 13 heavy (non-hydrogen) atoms. The summed E-state index contributed by atoms with van der Waals surface area (Å²) in [7, 11) is 0. The first kappa shape index (κ1) is 9.44. The van der Waals surface area contributed by atoms with E-state index in [2.05, 4.69) is 0 Å². The van der Waals surface area contributed by atoms with Gasteiger partial charge in [0.15, 0.2) is 0 Å². The van der Waals surface area contributed by atoms with Crippen molar-refractivity contribution in [1.29, 1.82) is 0 Å². The minimum absolute atomic E-state index is 0.0328. The number of rotatable bonds is 2. The van der Waals surface area contributed by atoms with Crippen LogP contribution in [0.5, 0.6) is 0 Å². The third-order valence-electron chi connectivity index (χ3n) is 4.00. The zero-order chi connectivity index (χ0) is 9.53. The van der Waals surface area contributed by atoms with Crippen LogP contribution < -0.4 is 11.5 Å². The lowest BCUT2D eigenvalue weighted by molar-refractivity contribution is -0.0639. The van der Waals surface area contributed by atoms with Crippen LogP contribution in [0.4, 0.5) is 0 Å². The van der Waals surface area contributed by atoms with Gasteiger partial charge in [-0.05, 0) is 38.5 Å². The van der Waals surface area contributed by atoms with Crippen LogP contribution in [0.1, 0.15) is 38.5 Å². The quantitative estimate of drug-likeness (QED) is 0.580. The standard InChI is InChI=1S/C10H20N2O/c11-7-9(4-5-9)10(13)3-1-2-8(12)6-10/h8,13H,1-7,11-12H2. The van der Waals surface area contributed by atoms with Crippen molar-refractivity contribution in [2.24, 2.45) is 16.9 Å². The molecule has 2 aliphatic rings. The fourth-order valence-electron chi connectivity index (χ4n) is 2.79. The summed E-state index contributed by atoms with van der Waals surface area (Å²) < 4.78 is 0. The summed E-state index contributed by atoms with van der Waals surface area (Å²) >= 11 is 0. The van der Waals surface area contributed by atoms with E-state index in [0.29, 0.717) is 6.54 Å². The summed E-state index contributed by atoms with van der Waals surface area (Å²) in [6.07, 6.45) is 5.95. The van der Waals surface area contributed by atoms with Gasteiger partial charge in [-0.3, -0.25) is 0 Å². The molecule has 2 atom stereocenters. The van der Waals surface area contributed by atoms with E-state index in [4.69, 9.17) is 11.5 Å². The lowest BCUT2D eigenvalue weighted by atomic mass is 9.72. The Morgan fingerprint density at radius 1 is 1.31 bits per heavy atom. The van der Waals surface area contributed by atoms with Crippen molar-refractivity contribution in [1.82, 2.24) is 0 Å². The molecule has 0 amide bonds. The van der Waals surface area contributed by atoms with Gasteiger partial charge in [0.1, 0.15) is 0 Å². The highest BCUT2D eigenvalue weighted by Gasteiger charge is 2.58. The van der Waals surface area contributed by atoms with Crippen LogP contribution in [0, 0.1) is 5.41 Å². The molecule has 0 heterocycles. The van der Waals surface area contributed by atoms with E-state index < -0.39 is 5.60 Å². The second kappa shape index (κ2) is 2.94. The summed E-state index contributed by atoms with van der Waals surface area (Å²) in [5, 5.41) is 10.5. The zero-order valence-electron chi connectivity index (χ0n) is 8.13. The molecule has 0 aromatic rings. The molecule has 0 spiro atoms. The Bertz CT molecular complexity index is 203. The molecule has 3 nitrogen and oxygen atoms in total. The van der Waals surface area contributed by atoms with Gasteiger partial charge >= 0.3 is 0 Å². The van der Waals surface area contributed by atoms with Crippen LogP contribution in [0.2, 0.25) is 0 Å². The van der Waals surface area contributed by atoms with E-state index in [1.165, 1.54) is 0 Å². The van der Waals surface area contributed by atoms with Crippen molar-refractivity contribution in [2.75, 3.05) is 6.54 Å². The fourth-order valence-corrected chi connectivity index (χ4v) is 2.79. The van der Waals surface area contributed by atoms with E-state index in [-0.39, 0.29) is 11.5 Å². The fraction of sp³-hybridized carbons (Fsp3) is 1.00. The molecular weight excluding hydrogens is 164 g/mol. The van der Waals surface area contributed by atoms with Crippen LogP contribution in [-0.2, 0) is 0 Å². The first-order valence-corrected chi connectivity index (χ1v) is 5.30. The molecule has 2 rings (SSSR count). The first-order valence-electron chi connectivity index (χ1n) is 5.30. The highest BCUT2D eigenvalue weighted by molar-refractivity contribution is 5.11. The van der Waals surface area contributed by atoms with Crippen molar-refractivity contribution >= 4 is 0 Å². The molecule has 0 aromatic heterocycles. The lowest BCUT2D eigenvalue weighted by Crippen LogP contribution is -2.50. The normalized spacial score (nSPS) is 43.2. The minimum Gasteiger partial charge on any atom is -0.389 e. The topological polar surface area (TPSA) is 72.3 Å². The second-order valence-corrected chi connectivity index (χ2v) is 4.87. The van der Waals surface area contributed by atoms with Crippen LogP contribution in [0.3, 0.4) is 0 Å². The highest BCUT2D eigenvalue weighted by atomic mass is 16.3. The van der Waals surface area contributed by atoms with Crippen molar-refractivity contribution in [3.63, 3.8) is 0 Å². The summed E-state index contributed by atoms with van der Waals surface area (Å²) in [5.74, 6) is 0. The molecule has 2 fully saturated rings. The van der Waals surface area contributed by atoms with Gasteiger partial charge in [0.2, 0.25) is 0 Å². The molecule has 0 bridgehead atoms. The molecule has 0 radical (unpaired) electrons. The third kappa shape index (κ3) is 1.39. The van der Waals surface area contributed by atoms with E-state index >= 15 is 0 Å². The number of aliphatic hydroxyl groups is 1. The summed E-state index contributed by atoms with van der Waals surface area (Å²) in [5.41, 5.74) is 11.1. The number of hydrogen-bond acceptors (Lipinski definition) is 3. The smallest absolute Gasteiger partial charge is 0.0730 e. The molecule has 0 saturated heterocycles. The number of nitrogens with two attached hydrogens (primary N) is 2. The Hall–Kier alpha value is -0.120. The zero-order valence-corrected chi connectivity index (χ0v) is 8.13. The molecule has 0 aliphatic heterocycles. The maximum absolute atomic E-state index is 10.5. The second-order valence-electron chi connectivity index (χ2n) is 4.87. The monoisotopic (exact) mass is 184 g/mol. The van der Waals surface area contributed by atoms with Gasteiger partial charge in [0.05, 0.1) is 5.60 Å². The molecule has 2 aliphatic carbocycles. The van der Waals surface area contributed by atoms with Gasteiger partial charge in [-0.2, -0.15) is 0 Å². The predicted octanol–water partition coefficient (Wildman–Crippen LogP) is 0.358. The Morgan fingerprint density at radius 3 is 2.46 bits per heavy atom. The Morgan fingerprint density at radius 2 is 2.00 bits per heavy atom. The first-order chi connectivity index (χ1) is 6.12. The van der Waals surface area contributed by atoms with Gasteiger partial charge < -0.3 is 16.6 Å². The molecular formula is C10H20N2O. The third-order valence-corrected chi connectivity index (χ3v) is 4.00. The molecule has 2 saturated carbocycles. The maximum Gasteiger partial charge on any atom is 0.0730 e. The van der Waals surface area contributed by atoms with E-state index in [1.54, 1.807) is 0 Å². The molecule has 3 heteroatoms. The van der Waals surface area contributed by atoms with E-state index in [0.717, 1.165) is 38.5 Å². The SMILES string of the molecule is NCC1(C2(O)CCCC(N)C2)CC1. The van der Waals surface area contributed by atoms with Crippen molar-refractivity contribution < 1.29 is 5.11 Å². The number of hydrogen-bond donors (Lipinski definition) is 3. The van der Waals surface area contributed by atoms with Crippen molar-refractivity contribution in [3.8, 4) is 0 Å². The average Bonchev–Trinajstić information content (AvgIpc) is 2.83. The van der Waals surface area contributed by atoms with Crippen LogP contribution >= 0.6 is 0 Å². The average molecular weight is 184 g/mol. The maximum atomic E-state index is 10.5. The summed E-state index contributed by atoms with van der Waals surface area (Å²) in [6.45, 7) is 0.621. The van der Waals surface area contributed by atoms with Crippen LogP contribution in [-0.4, -0.2) is 23.3 Å². The van der Waals surface area contributed by atoms with Crippen LogP contribution in [0.15, 0.2) is 0 Å². The Labute approximate surface area is 79.5 Å². The van der Waals surface area contributed by atoms with Crippen molar-refractivity contribution in [3.05, 3.63) is 0 Å². The van der Waals surface area contributed by atoms with Gasteiger partial charge in [-0.15, -0.1) is 0 Å². The van der Waals surface area contributed by atoms with E-state index in [9.17, 15) is 5.11 Å². The summed E-state index contributed by atoms with van der Waals surface area (Å²) in [6, 6.07) is 0.183. The van der Waals surface area contributed by atoms with Crippen molar-refractivity contribution in [2.45, 2.75) is 50.2 Å². The van der Waals surface area contributed by atoms with E-state index in [1.807, 2.05) is 0 Å². The largest absolute Gasteiger partial charge is 0.389 e. The van der Waals surface area contributed by atoms with Gasteiger partial charge in [-0.25, -0.2) is 0 Å². The highest BCUT2D eigenvalue weighted by Crippen LogP contribution is 2.57. The molecule has 5 N–H and O–H groups in total. The molecule has 2 unspecified atom stereocenters. The predicted molar refractivity (Wildman–Crippen MR) is 52.1 cm³/mol. The van der Waals surface area contributed by atoms with Gasteiger partial charge in [-0.1, -0.05) is 0 Å². The van der Waals surface area contributed by atoms with Gasteiger partial charge in [0, 0.05) is 18.0 Å². The van der Waals surface area contributed by atoms with Gasteiger partial charge in [0.25, 0.3) is 0 Å². The Balaban J connectivity index is 2.10. The molecule has 0 aromatic carbocycles. The van der Waals surface area contributed by atoms with Crippen LogP contribution in [0.25, 0.3) is 0 Å². The summed E-state index contributed by atoms with van der Waals surface area (Å²) in [4.78, 5) is 0. The molecule has 76 valence electrons. The Kier molecular flexibility index (Phi) is 2.13.